The number of sulfonamides is 1. The molecule has 3 rings (SSSR count). The fourth-order valence-corrected chi connectivity index (χ4v) is 3.69. The van der Waals surface area contributed by atoms with Gasteiger partial charge in [0.2, 0.25) is 10.0 Å². The number of benzene rings is 2. The largest absolute Gasteiger partial charge is 0.467 e. The van der Waals surface area contributed by atoms with E-state index >= 15 is 0 Å². The molecule has 0 fully saturated rings. The summed E-state index contributed by atoms with van der Waals surface area (Å²) in [5.41, 5.74) is 0.734. The summed E-state index contributed by atoms with van der Waals surface area (Å²) in [7, 11) is -4.22. The topological polar surface area (TPSA) is 165 Å². The molecule has 0 aliphatic rings. The van der Waals surface area contributed by atoms with Gasteiger partial charge in [0.15, 0.2) is 0 Å². The number of nitrogens with zero attached hydrogens (tertiary/aromatic N) is 2. The number of esters is 1. The van der Waals surface area contributed by atoms with Crippen LogP contribution < -0.4 is 10.0 Å². The first kappa shape index (κ1) is 23.5. The van der Waals surface area contributed by atoms with E-state index in [0.717, 1.165) is 6.07 Å². The molecular weight excluding hydrogens is 452 g/mol. The molecule has 0 radical (unpaired) electrons. The molecule has 33 heavy (non-hydrogen) atoms. The molecule has 0 bridgehead atoms. The molecule has 0 aliphatic carbocycles. The van der Waals surface area contributed by atoms with E-state index in [2.05, 4.69) is 10.0 Å². The minimum absolute atomic E-state index is 0.103. The number of hydrogen-bond acceptors (Lipinski definition) is 9. The molecule has 0 atom stereocenters. The molecule has 1 heterocycles. The number of nitro benzene ring substituents is 1. The van der Waals surface area contributed by atoms with Gasteiger partial charge in [0.1, 0.15) is 24.6 Å². The molecule has 0 saturated carbocycles. The zero-order chi connectivity index (χ0) is 23.8. The smallest absolute Gasteiger partial charge is 0.321 e. The zero-order valence-corrected chi connectivity index (χ0v) is 17.9. The third-order valence-corrected chi connectivity index (χ3v) is 5.80. The first-order valence-corrected chi connectivity index (χ1v) is 11.0. The number of anilines is 1. The zero-order valence-electron chi connectivity index (χ0n) is 17.1. The normalized spacial score (nSPS) is 10.9. The first-order chi connectivity index (χ1) is 15.8. The average molecular weight is 470 g/mol. The molecule has 1 aromatic heterocycles. The third-order valence-electron chi connectivity index (χ3n) is 4.40. The predicted octanol–water partition coefficient (Wildman–Crippen LogP) is 2.69. The van der Waals surface area contributed by atoms with Crippen molar-refractivity contribution in [2.24, 2.45) is 0 Å². The van der Waals surface area contributed by atoms with Gasteiger partial charge in [-0.25, -0.2) is 8.42 Å². The van der Waals surface area contributed by atoms with Crippen molar-refractivity contribution >= 4 is 27.4 Å². The number of rotatable bonds is 10. The van der Waals surface area contributed by atoms with Gasteiger partial charge in [-0.2, -0.15) is 9.98 Å². The summed E-state index contributed by atoms with van der Waals surface area (Å²) in [6, 6.07) is 15.0. The van der Waals surface area contributed by atoms with Crippen LogP contribution in [0.1, 0.15) is 16.9 Å². The molecule has 0 amide bonds. The van der Waals surface area contributed by atoms with Crippen molar-refractivity contribution < 1.29 is 27.3 Å². The Hall–Kier alpha value is -4.21. The van der Waals surface area contributed by atoms with Crippen molar-refractivity contribution in [1.82, 2.24) is 4.72 Å². The lowest BCUT2D eigenvalue weighted by Crippen LogP contribution is -2.30. The Morgan fingerprint density at radius 1 is 1.18 bits per heavy atom. The highest BCUT2D eigenvalue weighted by Gasteiger charge is 2.22. The lowest BCUT2D eigenvalue weighted by atomic mass is 10.2. The van der Waals surface area contributed by atoms with Crippen LogP contribution in [0.3, 0.4) is 0 Å². The van der Waals surface area contributed by atoms with Gasteiger partial charge in [-0.15, -0.1) is 0 Å². The summed E-state index contributed by atoms with van der Waals surface area (Å²) in [6.07, 6.45) is 1.46. The molecule has 0 spiro atoms. The van der Waals surface area contributed by atoms with Crippen LogP contribution >= 0.6 is 0 Å². The molecule has 0 saturated heterocycles. The van der Waals surface area contributed by atoms with E-state index in [0.29, 0.717) is 16.9 Å². The molecule has 2 aromatic carbocycles. The van der Waals surface area contributed by atoms with Crippen molar-refractivity contribution in [3.8, 4) is 6.07 Å². The molecule has 2 N–H and O–H groups in total. The lowest BCUT2D eigenvalue weighted by molar-refractivity contribution is -0.384. The van der Waals surface area contributed by atoms with Crippen molar-refractivity contribution in [2.75, 3.05) is 11.9 Å². The van der Waals surface area contributed by atoms with Gasteiger partial charge < -0.3 is 14.5 Å². The maximum absolute atomic E-state index is 12.5. The number of hydrogen-bond donors (Lipinski definition) is 2. The summed E-state index contributed by atoms with van der Waals surface area (Å²) in [4.78, 5) is 22.2. The van der Waals surface area contributed by atoms with Crippen molar-refractivity contribution in [3.63, 3.8) is 0 Å². The minimum atomic E-state index is -4.22. The highest BCUT2D eigenvalue weighted by Crippen LogP contribution is 2.28. The van der Waals surface area contributed by atoms with Crippen LogP contribution in [0.2, 0.25) is 0 Å². The van der Waals surface area contributed by atoms with Crippen molar-refractivity contribution in [3.05, 3.63) is 87.9 Å². The van der Waals surface area contributed by atoms with Crippen LogP contribution in [-0.2, 0) is 32.7 Å². The van der Waals surface area contributed by atoms with Crippen LogP contribution in [0.4, 0.5) is 11.4 Å². The van der Waals surface area contributed by atoms with E-state index < -0.39 is 33.1 Å². The highest BCUT2D eigenvalue weighted by molar-refractivity contribution is 7.89. The van der Waals surface area contributed by atoms with E-state index in [1.807, 2.05) is 6.07 Å². The Labute approximate surface area is 188 Å². The Balaban J connectivity index is 1.61. The van der Waals surface area contributed by atoms with E-state index in [1.54, 1.807) is 36.4 Å². The van der Waals surface area contributed by atoms with E-state index in [9.17, 15) is 23.3 Å². The second-order valence-corrected chi connectivity index (χ2v) is 8.43. The van der Waals surface area contributed by atoms with Gasteiger partial charge >= 0.3 is 5.97 Å². The fraction of sp³-hybridized carbons (Fsp3) is 0.143. The standard InChI is InChI=1S/C21H18N4O7S/c22-11-15-3-5-16(6-4-15)14-32-21(26)13-24-33(29,30)18-7-8-19(20(10-18)25(27)28)23-12-17-2-1-9-31-17/h1-10,23-24H,12-14H2. The van der Waals surface area contributed by atoms with Gasteiger partial charge in [0.05, 0.1) is 34.3 Å². The highest BCUT2D eigenvalue weighted by atomic mass is 32.2. The Morgan fingerprint density at radius 2 is 1.94 bits per heavy atom. The number of nitriles is 1. The second-order valence-electron chi connectivity index (χ2n) is 6.66. The Morgan fingerprint density at radius 3 is 2.58 bits per heavy atom. The van der Waals surface area contributed by atoms with Crippen molar-refractivity contribution in [2.45, 2.75) is 18.0 Å². The summed E-state index contributed by atoms with van der Waals surface area (Å²) in [6.45, 7) is -0.595. The summed E-state index contributed by atoms with van der Waals surface area (Å²) < 4.78 is 37.2. The first-order valence-electron chi connectivity index (χ1n) is 9.47. The van der Waals surface area contributed by atoms with Crippen LogP contribution in [0.5, 0.6) is 0 Å². The number of ether oxygens (including phenoxy) is 1. The Bertz CT molecular complexity index is 1280. The lowest BCUT2D eigenvalue weighted by Gasteiger charge is -2.10. The van der Waals surface area contributed by atoms with E-state index in [1.165, 1.54) is 18.4 Å². The monoisotopic (exact) mass is 470 g/mol. The van der Waals surface area contributed by atoms with Gasteiger partial charge in [0, 0.05) is 6.07 Å². The SMILES string of the molecule is N#Cc1ccc(COC(=O)CNS(=O)(=O)c2ccc(NCc3ccco3)c([N+](=O)[O-])c2)cc1. The van der Waals surface area contributed by atoms with Gasteiger partial charge in [-0.1, -0.05) is 12.1 Å². The second kappa shape index (κ2) is 10.4. The van der Waals surface area contributed by atoms with Crippen LogP contribution in [0.15, 0.2) is 70.2 Å². The van der Waals surface area contributed by atoms with E-state index in [4.69, 9.17) is 14.4 Å². The maximum Gasteiger partial charge on any atom is 0.321 e. The summed E-state index contributed by atoms with van der Waals surface area (Å²) in [5, 5.41) is 23.0. The number of nitro groups is 1. The van der Waals surface area contributed by atoms with Gasteiger partial charge in [-0.3, -0.25) is 14.9 Å². The molecule has 12 heteroatoms. The molecule has 170 valence electrons. The predicted molar refractivity (Wildman–Crippen MR) is 115 cm³/mol. The maximum atomic E-state index is 12.5. The molecule has 11 nitrogen and oxygen atoms in total. The number of nitrogens with one attached hydrogen (secondary N) is 2. The minimum Gasteiger partial charge on any atom is -0.467 e. The number of furan rings is 1. The van der Waals surface area contributed by atoms with Crippen LogP contribution in [0.25, 0.3) is 0 Å². The third kappa shape index (κ3) is 6.39. The molecule has 3 aromatic rings. The molecular formula is C21H18N4O7S. The van der Waals surface area contributed by atoms with Crippen LogP contribution in [-0.4, -0.2) is 25.9 Å². The fourth-order valence-electron chi connectivity index (χ4n) is 2.70. The Kier molecular flexibility index (Phi) is 7.39. The van der Waals surface area contributed by atoms with Gasteiger partial charge in [0.25, 0.3) is 5.69 Å². The summed E-state index contributed by atoms with van der Waals surface area (Å²) in [5.74, 6) is -0.295. The van der Waals surface area contributed by atoms with E-state index in [-0.39, 0.29) is 23.7 Å². The van der Waals surface area contributed by atoms with Crippen molar-refractivity contribution in [1.29, 1.82) is 5.26 Å². The molecule has 0 aliphatic heterocycles. The molecule has 0 unspecified atom stereocenters. The average Bonchev–Trinajstić information content (AvgIpc) is 3.34. The summed E-state index contributed by atoms with van der Waals surface area (Å²) >= 11 is 0. The quantitative estimate of drug-likeness (QED) is 0.257. The van der Waals surface area contributed by atoms with Gasteiger partial charge in [-0.05, 0) is 42.0 Å². The number of carbonyl (C=O) groups excluding carboxylic acids is 1. The van der Waals surface area contributed by atoms with Crippen LogP contribution in [0, 0.1) is 21.4 Å². The number of carbonyl (C=O) groups is 1.